The van der Waals surface area contributed by atoms with Crippen molar-refractivity contribution in [3.8, 4) is 17.1 Å². The summed E-state index contributed by atoms with van der Waals surface area (Å²) >= 11 is 2.81. The molecule has 0 bridgehead atoms. The van der Waals surface area contributed by atoms with Crippen LogP contribution in [0.25, 0.3) is 17.1 Å². The maximum absolute atomic E-state index is 13.1. The van der Waals surface area contributed by atoms with Crippen molar-refractivity contribution in [1.29, 1.82) is 0 Å². The molecule has 0 saturated carbocycles. The molecule has 0 unspecified atom stereocenters. The Morgan fingerprint density at radius 1 is 1.05 bits per heavy atom. The topological polar surface area (TPSA) is 86.1 Å². The summed E-state index contributed by atoms with van der Waals surface area (Å²) in [5.74, 6) is 0.275. The average Bonchev–Trinajstić information content (AvgIpc) is 3.50. The first kappa shape index (κ1) is 25.2. The Bertz CT molecular complexity index is 1410. The fourth-order valence-electron chi connectivity index (χ4n) is 4.43. The zero-order valence-corrected chi connectivity index (χ0v) is 22.5. The predicted octanol–water partition coefficient (Wildman–Crippen LogP) is 6.09. The van der Waals surface area contributed by atoms with Crippen LogP contribution < -0.4 is 5.32 Å². The maximum atomic E-state index is 13.1. The molecule has 190 valence electrons. The van der Waals surface area contributed by atoms with Crippen LogP contribution in [-0.2, 0) is 22.4 Å². The number of aryl methyl sites for hydroxylation is 2. The number of carbonyl (C=O) groups is 2. The number of nitrogens with one attached hydrogen (secondary N) is 1. The molecule has 0 spiro atoms. The third kappa shape index (κ3) is 5.47. The van der Waals surface area contributed by atoms with Crippen LogP contribution >= 0.6 is 23.1 Å². The van der Waals surface area contributed by atoms with Crippen LogP contribution in [0.5, 0.6) is 0 Å². The molecule has 2 aromatic carbocycles. The predicted molar refractivity (Wildman–Crippen MR) is 148 cm³/mol. The van der Waals surface area contributed by atoms with E-state index in [-0.39, 0.29) is 17.6 Å². The van der Waals surface area contributed by atoms with Gasteiger partial charge in [0, 0.05) is 16.1 Å². The molecule has 2 aromatic heterocycles. The van der Waals surface area contributed by atoms with Crippen LogP contribution in [0.15, 0.2) is 59.8 Å². The molecule has 5 rings (SSSR count). The van der Waals surface area contributed by atoms with Crippen molar-refractivity contribution in [1.82, 2.24) is 14.8 Å². The quantitative estimate of drug-likeness (QED) is 0.218. The van der Waals surface area contributed by atoms with Crippen molar-refractivity contribution in [3.05, 3.63) is 76.2 Å². The second kappa shape index (κ2) is 11.3. The van der Waals surface area contributed by atoms with E-state index in [9.17, 15) is 9.59 Å². The number of thiophene rings is 1. The molecule has 9 heteroatoms. The zero-order chi connectivity index (χ0) is 25.8. The summed E-state index contributed by atoms with van der Waals surface area (Å²) in [5, 5.41) is 13.1. The second-order valence-corrected chi connectivity index (χ2v) is 10.9. The maximum Gasteiger partial charge on any atom is 0.341 e. The van der Waals surface area contributed by atoms with E-state index in [4.69, 9.17) is 4.74 Å². The summed E-state index contributed by atoms with van der Waals surface area (Å²) in [6, 6.07) is 18.0. The molecule has 4 aromatic rings. The molecule has 0 radical (unpaired) electrons. The normalized spacial score (nSPS) is 12.7. The fraction of sp³-hybridized carbons (Fsp3) is 0.286. The van der Waals surface area contributed by atoms with E-state index in [0.717, 1.165) is 48.1 Å². The van der Waals surface area contributed by atoms with Gasteiger partial charge in [-0.1, -0.05) is 59.8 Å². The molecule has 37 heavy (non-hydrogen) atoms. The van der Waals surface area contributed by atoms with Crippen molar-refractivity contribution in [3.63, 3.8) is 0 Å². The number of rotatable bonds is 8. The highest BCUT2D eigenvalue weighted by molar-refractivity contribution is 7.99. The molecular formula is C28H28N4O3S2. The van der Waals surface area contributed by atoms with Crippen molar-refractivity contribution < 1.29 is 14.3 Å². The van der Waals surface area contributed by atoms with Gasteiger partial charge in [-0.05, 0) is 57.2 Å². The van der Waals surface area contributed by atoms with Crippen LogP contribution in [0.3, 0.4) is 0 Å². The van der Waals surface area contributed by atoms with Gasteiger partial charge in [0.15, 0.2) is 11.0 Å². The molecule has 7 nitrogen and oxygen atoms in total. The number of anilines is 1. The van der Waals surface area contributed by atoms with Gasteiger partial charge in [0.05, 0.1) is 17.9 Å². The number of ether oxygens (including phenoxy) is 1. The number of hydrogen-bond acceptors (Lipinski definition) is 7. The van der Waals surface area contributed by atoms with Crippen molar-refractivity contribution in [2.45, 2.75) is 44.7 Å². The fourth-order valence-corrected chi connectivity index (χ4v) is 6.48. The van der Waals surface area contributed by atoms with E-state index in [2.05, 4.69) is 15.5 Å². The van der Waals surface area contributed by atoms with Gasteiger partial charge in [0.2, 0.25) is 5.91 Å². The highest BCUT2D eigenvalue weighted by Crippen LogP contribution is 2.39. The molecule has 0 aliphatic heterocycles. The van der Waals surface area contributed by atoms with Gasteiger partial charge in [-0.3, -0.25) is 9.36 Å². The van der Waals surface area contributed by atoms with Gasteiger partial charge in [-0.2, -0.15) is 0 Å². The Labute approximate surface area is 224 Å². The van der Waals surface area contributed by atoms with Gasteiger partial charge < -0.3 is 10.1 Å². The standard InChI is InChI=1S/C28H28N4O3S2/c1-3-35-27(34)24-21-11-7-8-12-22(21)37-26(24)29-23(33)17-36-28-31-30-25(19-9-5-4-6-10-19)32(28)20-15-13-18(2)14-16-20/h4-6,9-10,13-16H,3,7-8,11-12,17H2,1-2H3,(H,29,33). The molecule has 0 atom stereocenters. The molecule has 0 fully saturated rings. The summed E-state index contributed by atoms with van der Waals surface area (Å²) in [6.07, 6.45) is 3.90. The van der Waals surface area contributed by atoms with E-state index < -0.39 is 0 Å². The minimum Gasteiger partial charge on any atom is -0.462 e. The van der Waals surface area contributed by atoms with Crippen LogP contribution in [-0.4, -0.2) is 39.0 Å². The average molecular weight is 533 g/mol. The largest absolute Gasteiger partial charge is 0.462 e. The number of thioether (sulfide) groups is 1. The number of aromatic nitrogens is 3. The van der Waals surface area contributed by atoms with Crippen LogP contribution in [0, 0.1) is 6.92 Å². The lowest BCUT2D eigenvalue weighted by Gasteiger charge is -2.12. The number of amides is 1. The molecule has 1 aliphatic rings. The van der Waals surface area contributed by atoms with Crippen LogP contribution in [0.2, 0.25) is 0 Å². The highest BCUT2D eigenvalue weighted by atomic mass is 32.2. The van der Waals surface area contributed by atoms with Crippen molar-refractivity contribution >= 4 is 40.0 Å². The SMILES string of the molecule is CCOC(=O)c1c(NC(=O)CSc2nnc(-c3ccccc3)n2-c2ccc(C)cc2)sc2c1CCCC2. The molecule has 1 amide bonds. The van der Waals surface area contributed by atoms with Gasteiger partial charge in [-0.15, -0.1) is 21.5 Å². The first-order valence-electron chi connectivity index (χ1n) is 12.4. The smallest absolute Gasteiger partial charge is 0.341 e. The molecular weight excluding hydrogens is 504 g/mol. The minimum absolute atomic E-state index is 0.129. The molecule has 0 saturated heterocycles. The zero-order valence-electron chi connectivity index (χ0n) is 20.8. The number of esters is 1. The number of nitrogens with zero attached hydrogens (tertiary/aromatic N) is 3. The third-order valence-corrected chi connectivity index (χ3v) is 8.33. The number of carbonyl (C=O) groups excluding carboxylic acids is 2. The first-order chi connectivity index (χ1) is 18.0. The second-order valence-electron chi connectivity index (χ2n) is 8.82. The summed E-state index contributed by atoms with van der Waals surface area (Å²) in [6.45, 7) is 4.13. The van der Waals surface area contributed by atoms with Crippen molar-refractivity contribution in [2.75, 3.05) is 17.7 Å². The summed E-state index contributed by atoms with van der Waals surface area (Å²) in [4.78, 5) is 27.0. The monoisotopic (exact) mass is 532 g/mol. The van der Waals surface area contributed by atoms with Crippen molar-refractivity contribution in [2.24, 2.45) is 0 Å². The summed E-state index contributed by atoms with van der Waals surface area (Å²) in [7, 11) is 0. The van der Waals surface area contributed by atoms with E-state index in [1.54, 1.807) is 6.92 Å². The Balaban J connectivity index is 1.38. The lowest BCUT2D eigenvalue weighted by atomic mass is 9.95. The Morgan fingerprint density at radius 3 is 2.57 bits per heavy atom. The van der Waals surface area contributed by atoms with Crippen LogP contribution in [0.1, 0.15) is 46.1 Å². The lowest BCUT2D eigenvalue weighted by molar-refractivity contribution is -0.113. The van der Waals surface area contributed by atoms with Gasteiger partial charge in [0.1, 0.15) is 5.00 Å². The minimum atomic E-state index is -0.364. The van der Waals surface area contributed by atoms with Crippen LogP contribution in [0.4, 0.5) is 5.00 Å². The number of hydrogen-bond donors (Lipinski definition) is 1. The van der Waals surface area contributed by atoms with E-state index >= 15 is 0 Å². The molecule has 2 heterocycles. The summed E-state index contributed by atoms with van der Waals surface area (Å²) in [5.41, 5.74) is 4.57. The van der Waals surface area contributed by atoms with E-state index in [1.807, 2.05) is 66.1 Å². The van der Waals surface area contributed by atoms with Gasteiger partial charge in [-0.25, -0.2) is 4.79 Å². The molecule has 1 aliphatic carbocycles. The third-order valence-electron chi connectivity index (χ3n) is 6.19. The first-order valence-corrected chi connectivity index (χ1v) is 14.2. The van der Waals surface area contributed by atoms with Gasteiger partial charge in [0.25, 0.3) is 0 Å². The number of benzene rings is 2. The number of fused-ring (bicyclic) bond motifs is 1. The van der Waals surface area contributed by atoms with Gasteiger partial charge >= 0.3 is 5.97 Å². The Hall–Kier alpha value is -3.43. The Kier molecular flexibility index (Phi) is 7.71. The highest BCUT2D eigenvalue weighted by Gasteiger charge is 2.27. The summed E-state index contributed by atoms with van der Waals surface area (Å²) < 4.78 is 7.28. The Morgan fingerprint density at radius 2 is 1.81 bits per heavy atom. The van der Waals surface area contributed by atoms with E-state index in [1.165, 1.54) is 28.0 Å². The molecule has 1 N–H and O–H groups in total. The van der Waals surface area contributed by atoms with E-state index in [0.29, 0.717) is 28.2 Å². The lowest BCUT2D eigenvalue weighted by Crippen LogP contribution is -2.17.